The maximum atomic E-state index is 6.09. The van der Waals surface area contributed by atoms with E-state index in [-0.39, 0.29) is 0 Å². The van der Waals surface area contributed by atoms with Crippen molar-refractivity contribution in [1.29, 1.82) is 0 Å². The highest BCUT2D eigenvalue weighted by Crippen LogP contribution is 2.24. The Bertz CT molecular complexity index is 617. The van der Waals surface area contributed by atoms with Gasteiger partial charge in [-0.05, 0) is 37.1 Å². The lowest BCUT2D eigenvalue weighted by Gasteiger charge is -2.27. The first-order valence-electron chi connectivity index (χ1n) is 6.65. The first kappa shape index (κ1) is 12.2. The number of nitrogens with zero attached hydrogens (tertiary/aromatic N) is 3. The number of benzene rings is 1. The monoisotopic (exact) mass is 257 g/mol. The fraction of sp³-hybridized carbons (Fsp3) is 0.429. The van der Waals surface area contributed by atoms with E-state index in [4.69, 9.17) is 5.73 Å². The van der Waals surface area contributed by atoms with Crippen molar-refractivity contribution in [2.24, 2.45) is 0 Å². The zero-order valence-corrected chi connectivity index (χ0v) is 11.4. The Morgan fingerprint density at radius 2 is 1.79 bits per heavy atom. The summed E-state index contributed by atoms with van der Waals surface area (Å²) in [5.41, 5.74) is 9.48. The summed E-state index contributed by atoms with van der Waals surface area (Å²) in [7, 11) is 0. The standard InChI is InChI=1S/C14H19N5/c1-9-7-11-12(8-10(9)2)17-14(18-13(11)15)19-5-3-16-4-6-19/h7-8,16H,3-6H2,1-2H3,(H2,15,17,18). The van der Waals surface area contributed by atoms with Crippen LogP contribution in [0.4, 0.5) is 11.8 Å². The van der Waals surface area contributed by atoms with Crippen LogP contribution in [0.2, 0.25) is 0 Å². The molecule has 1 aromatic carbocycles. The Hall–Kier alpha value is -1.88. The molecular formula is C14H19N5. The largest absolute Gasteiger partial charge is 0.383 e. The summed E-state index contributed by atoms with van der Waals surface area (Å²) >= 11 is 0. The maximum absolute atomic E-state index is 6.09. The predicted octanol–water partition coefficient (Wildman–Crippen LogP) is 1.24. The van der Waals surface area contributed by atoms with Crippen LogP contribution in [0.3, 0.4) is 0 Å². The molecule has 0 atom stereocenters. The number of fused-ring (bicyclic) bond motifs is 1. The van der Waals surface area contributed by atoms with Gasteiger partial charge in [0.1, 0.15) is 5.82 Å². The number of nitrogens with two attached hydrogens (primary N) is 1. The average Bonchev–Trinajstić information content (AvgIpc) is 2.42. The molecule has 1 fully saturated rings. The van der Waals surface area contributed by atoms with Crippen LogP contribution in [0.15, 0.2) is 12.1 Å². The van der Waals surface area contributed by atoms with Crippen molar-refractivity contribution in [3.05, 3.63) is 23.3 Å². The van der Waals surface area contributed by atoms with Gasteiger partial charge in [0.15, 0.2) is 0 Å². The van der Waals surface area contributed by atoms with Crippen molar-refractivity contribution in [2.45, 2.75) is 13.8 Å². The van der Waals surface area contributed by atoms with Gasteiger partial charge in [-0.25, -0.2) is 4.98 Å². The van der Waals surface area contributed by atoms with Crippen LogP contribution in [0.5, 0.6) is 0 Å². The molecule has 5 heteroatoms. The van der Waals surface area contributed by atoms with Gasteiger partial charge in [-0.1, -0.05) is 0 Å². The molecule has 3 N–H and O–H groups in total. The summed E-state index contributed by atoms with van der Waals surface area (Å²) < 4.78 is 0. The van der Waals surface area contributed by atoms with Crippen molar-refractivity contribution in [1.82, 2.24) is 15.3 Å². The second-order valence-electron chi connectivity index (χ2n) is 5.10. The van der Waals surface area contributed by atoms with E-state index < -0.39 is 0 Å². The molecule has 0 aliphatic carbocycles. The van der Waals surface area contributed by atoms with Gasteiger partial charge in [-0.15, -0.1) is 0 Å². The van der Waals surface area contributed by atoms with Gasteiger partial charge < -0.3 is 16.0 Å². The lowest BCUT2D eigenvalue weighted by molar-refractivity contribution is 0.581. The van der Waals surface area contributed by atoms with Crippen molar-refractivity contribution in [2.75, 3.05) is 36.8 Å². The molecule has 2 heterocycles. The molecule has 0 unspecified atom stereocenters. The van der Waals surface area contributed by atoms with Gasteiger partial charge in [-0.3, -0.25) is 0 Å². The number of nitrogen functional groups attached to an aromatic ring is 1. The number of aryl methyl sites for hydroxylation is 2. The third-order valence-corrected chi connectivity index (χ3v) is 3.73. The second-order valence-corrected chi connectivity index (χ2v) is 5.10. The Kier molecular flexibility index (Phi) is 2.98. The van der Waals surface area contributed by atoms with Gasteiger partial charge in [0.05, 0.1) is 5.52 Å². The Morgan fingerprint density at radius 1 is 1.11 bits per heavy atom. The Morgan fingerprint density at radius 3 is 2.53 bits per heavy atom. The number of piperazine rings is 1. The molecule has 0 radical (unpaired) electrons. The zero-order chi connectivity index (χ0) is 13.4. The molecule has 0 bridgehead atoms. The van der Waals surface area contributed by atoms with Gasteiger partial charge >= 0.3 is 0 Å². The molecule has 5 nitrogen and oxygen atoms in total. The summed E-state index contributed by atoms with van der Waals surface area (Å²) in [5, 5.41) is 4.27. The van der Waals surface area contributed by atoms with Gasteiger partial charge in [0, 0.05) is 31.6 Å². The lowest BCUT2D eigenvalue weighted by atomic mass is 10.1. The Labute approximate surface area is 112 Å². The van der Waals surface area contributed by atoms with Crippen LogP contribution in [0.1, 0.15) is 11.1 Å². The van der Waals surface area contributed by atoms with Crippen LogP contribution in [-0.2, 0) is 0 Å². The normalized spacial score (nSPS) is 16.0. The van der Waals surface area contributed by atoms with E-state index in [1.54, 1.807) is 0 Å². The second kappa shape index (κ2) is 4.66. The first-order chi connectivity index (χ1) is 9.15. The predicted molar refractivity (Wildman–Crippen MR) is 78.5 cm³/mol. The highest BCUT2D eigenvalue weighted by atomic mass is 15.3. The topological polar surface area (TPSA) is 67.1 Å². The van der Waals surface area contributed by atoms with Crippen LogP contribution in [0, 0.1) is 13.8 Å². The summed E-state index contributed by atoms with van der Waals surface area (Å²) in [6.07, 6.45) is 0. The minimum absolute atomic E-state index is 0.571. The lowest BCUT2D eigenvalue weighted by Crippen LogP contribution is -2.44. The molecule has 2 aromatic rings. The van der Waals surface area contributed by atoms with Crippen LogP contribution in [-0.4, -0.2) is 36.1 Å². The third-order valence-electron chi connectivity index (χ3n) is 3.73. The SMILES string of the molecule is Cc1cc2nc(N3CCNCC3)nc(N)c2cc1C. The maximum Gasteiger partial charge on any atom is 0.227 e. The quantitative estimate of drug-likeness (QED) is 0.804. The van der Waals surface area contributed by atoms with Gasteiger partial charge in [0.2, 0.25) is 5.95 Å². The molecule has 0 amide bonds. The van der Waals surface area contributed by atoms with Crippen LogP contribution >= 0.6 is 0 Å². The van der Waals surface area contributed by atoms with Gasteiger partial charge in [0.25, 0.3) is 0 Å². The van der Waals surface area contributed by atoms with Crippen LogP contribution < -0.4 is 16.0 Å². The molecule has 3 rings (SSSR count). The minimum Gasteiger partial charge on any atom is -0.383 e. The molecular weight excluding hydrogens is 238 g/mol. The molecule has 1 saturated heterocycles. The Balaban J connectivity index is 2.10. The summed E-state index contributed by atoms with van der Waals surface area (Å²) in [5.74, 6) is 1.32. The number of hydrogen-bond acceptors (Lipinski definition) is 5. The molecule has 0 spiro atoms. The third kappa shape index (κ3) is 2.21. The van der Waals surface area contributed by atoms with E-state index in [1.165, 1.54) is 11.1 Å². The van der Waals surface area contributed by atoms with Gasteiger partial charge in [-0.2, -0.15) is 4.98 Å². The summed E-state index contributed by atoms with van der Waals surface area (Å²) in [6, 6.07) is 4.16. The number of anilines is 2. The fourth-order valence-corrected chi connectivity index (χ4v) is 2.41. The highest BCUT2D eigenvalue weighted by molar-refractivity contribution is 5.90. The molecule has 1 aliphatic heterocycles. The summed E-state index contributed by atoms with van der Waals surface area (Å²) in [6.45, 7) is 7.96. The van der Waals surface area contributed by atoms with E-state index in [9.17, 15) is 0 Å². The molecule has 1 aromatic heterocycles. The van der Waals surface area contributed by atoms with Crippen molar-refractivity contribution >= 4 is 22.7 Å². The molecule has 1 aliphatic rings. The molecule has 100 valence electrons. The highest BCUT2D eigenvalue weighted by Gasteiger charge is 2.15. The number of nitrogens with one attached hydrogen (secondary N) is 1. The first-order valence-corrected chi connectivity index (χ1v) is 6.65. The average molecular weight is 257 g/mol. The zero-order valence-electron chi connectivity index (χ0n) is 11.4. The summed E-state index contributed by atoms with van der Waals surface area (Å²) in [4.78, 5) is 11.3. The fourth-order valence-electron chi connectivity index (χ4n) is 2.41. The smallest absolute Gasteiger partial charge is 0.227 e. The van der Waals surface area contributed by atoms with Crippen molar-refractivity contribution < 1.29 is 0 Å². The van der Waals surface area contributed by atoms with E-state index in [0.717, 1.165) is 43.0 Å². The molecule has 19 heavy (non-hydrogen) atoms. The van der Waals surface area contributed by atoms with Crippen molar-refractivity contribution in [3.63, 3.8) is 0 Å². The van der Waals surface area contributed by atoms with E-state index in [2.05, 4.69) is 46.2 Å². The van der Waals surface area contributed by atoms with Crippen molar-refractivity contribution in [3.8, 4) is 0 Å². The number of rotatable bonds is 1. The number of hydrogen-bond donors (Lipinski definition) is 2. The van der Waals surface area contributed by atoms with E-state index >= 15 is 0 Å². The van der Waals surface area contributed by atoms with E-state index in [1.807, 2.05) is 0 Å². The minimum atomic E-state index is 0.571. The van der Waals surface area contributed by atoms with E-state index in [0.29, 0.717) is 5.82 Å². The number of aromatic nitrogens is 2. The van der Waals surface area contributed by atoms with Crippen LogP contribution in [0.25, 0.3) is 10.9 Å². The molecule has 0 saturated carbocycles.